The van der Waals surface area contributed by atoms with Gasteiger partial charge in [-0.1, -0.05) is 25.5 Å². The van der Waals surface area contributed by atoms with Gasteiger partial charge in [-0.3, -0.25) is 0 Å². The number of esters is 1. The molecule has 0 fully saturated rings. The van der Waals surface area contributed by atoms with Crippen molar-refractivity contribution in [1.29, 1.82) is 0 Å². The third-order valence-corrected chi connectivity index (χ3v) is 5.62. The normalized spacial score (nSPS) is 14.1. The number of nitrogens with zero attached hydrogens (tertiary/aromatic N) is 2. The van der Waals surface area contributed by atoms with Crippen molar-refractivity contribution in [1.82, 2.24) is 9.78 Å². The number of rotatable bonds is 7. The van der Waals surface area contributed by atoms with E-state index in [2.05, 4.69) is 25.3 Å². The molecule has 4 rings (SSSR count). The van der Waals surface area contributed by atoms with E-state index in [0.717, 1.165) is 42.7 Å². The molecular formula is C25H28N2O3. The van der Waals surface area contributed by atoms with Gasteiger partial charge < -0.3 is 9.47 Å². The van der Waals surface area contributed by atoms with Crippen LogP contribution < -0.4 is 4.74 Å². The number of carbonyl (C=O) groups excluding carboxylic acids is 1. The molecule has 0 bridgehead atoms. The Morgan fingerprint density at radius 1 is 1.07 bits per heavy atom. The summed E-state index contributed by atoms with van der Waals surface area (Å²) in [5.41, 5.74) is 5.25. The summed E-state index contributed by atoms with van der Waals surface area (Å²) in [5, 5.41) is 4.76. The fourth-order valence-corrected chi connectivity index (χ4v) is 3.95. The molecular weight excluding hydrogens is 376 g/mol. The molecule has 0 spiro atoms. The minimum absolute atomic E-state index is 0.0652. The molecule has 5 heteroatoms. The summed E-state index contributed by atoms with van der Waals surface area (Å²) in [6.07, 6.45) is 8.69. The summed E-state index contributed by atoms with van der Waals surface area (Å²) in [4.78, 5) is 11.7. The van der Waals surface area contributed by atoms with Crippen molar-refractivity contribution in [2.24, 2.45) is 0 Å². The Morgan fingerprint density at radius 3 is 2.47 bits per heavy atom. The van der Waals surface area contributed by atoms with Crippen LogP contribution in [0.4, 0.5) is 0 Å². The summed E-state index contributed by atoms with van der Waals surface area (Å²) in [5.74, 6) is 0.497. The molecule has 156 valence electrons. The molecule has 1 unspecified atom stereocenters. The number of carbonyl (C=O) groups is 1. The van der Waals surface area contributed by atoms with Crippen molar-refractivity contribution >= 4 is 5.97 Å². The first-order chi connectivity index (χ1) is 14.7. The topological polar surface area (TPSA) is 53.4 Å². The minimum atomic E-state index is -0.328. The first kappa shape index (κ1) is 20.2. The zero-order chi connectivity index (χ0) is 20.9. The maximum Gasteiger partial charge on any atom is 0.337 e. The number of ether oxygens (including phenoxy) is 2. The Balaban J connectivity index is 1.48. The Morgan fingerprint density at radius 2 is 1.80 bits per heavy atom. The zero-order valence-electron chi connectivity index (χ0n) is 17.6. The van der Waals surface area contributed by atoms with Gasteiger partial charge in [-0.2, -0.15) is 5.10 Å². The molecule has 0 radical (unpaired) electrons. The second kappa shape index (κ2) is 9.16. The zero-order valence-corrected chi connectivity index (χ0v) is 17.6. The Hall–Kier alpha value is -3.08. The average Bonchev–Trinajstić information content (AvgIpc) is 3.23. The van der Waals surface area contributed by atoms with E-state index in [-0.39, 0.29) is 12.1 Å². The largest absolute Gasteiger partial charge is 0.486 e. The van der Waals surface area contributed by atoms with Crippen LogP contribution in [-0.4, -0.2) is 22.9 Å². The minimum Gasteiger partial charge on any atom is -0.486 e. The van der Waals surface area contributed by atoms with Crippen LogP contribution in [-0.2, 0) is 17.6 Å². The highest BCUT2D eigenvalue weighted by molar-refractivity contribution is 5.89. The van der Waals surface area contributed by atoms with Crippen LogP contribution in [0, 0.1) is 0 Å². The maximum atomic E-state index is 11.7. The van der Waals surface area contributed by atoms with Crippen molar-refractivity contribution in [2.45, 2.75) is 51.6 Å². The molecule has 3 aromatic rings. The van der Waals surface area contributed by atoms with E-state index in [9.17, 15) is 4.79 Å². The van der Waals surface area contributed by atoms with E-state index in [1.54, 1.807) is 12.1 Å². The molecule has 30 heavy (non-hydrogen) atoms. The van der Waals surface area contributed by atoms with Gasteiger partial charge in [0.1, 0.15) is 11.9 Å². The first-order valence-corrected chi connectivity index (χ1v) is 10.7. The van der Waals surface area contributed by atoms with E-state index >= 15 is 0 Å². The molecule has 0 saturated carbocycles. The third-order valence-electron chi connectivity index (χ3n) is 5.62. The number of methoxy groups -OCH3 is 1. The lowest BCUT2D eigenvalue weighted by molar-refractivity contribution is 0.0600. The lowest BCUT2D eigenvalue weighted by Crippen LogP contribution is -2.08. The summed E-state index contributed by atoms with van der Waals surface area (Å²) in [6.45, 7) is 2.14. The van der Waals surface area contributed by atoms with Gasteiger partial charge in [0.15, 0.2) is 0 Å². The van der Waals surface area contributed by atoms with Crippen molar-refractivity contribution in [2.75, 3.05) is 7.11 Å². The number of hydrogen-bond donors (Lipinski definition) is 0. The first-order valence-electron chi connectivity index (χ1n) is 10.7. The standard InChI is InChI=1S/C25H28N2O3/c1-3-6-24(18-9-11-19(12-10-18)25(28)29-2)30-22-15-13-21(14-16-22)27-17-20-7-4-5-8-23(20)26-27/h9-17,24H,3-8H2,1-2H3. The SMILES string of the molecule is CCCC(Oc1ccc(-n2cc3c(n2)CCCC3)cc1)c1ccc(C(=O)OC)cc1. The van der Waals surface area contributed by atoms with Gasteiger partial charge in [-0.05, 0) is 79.6 Å². The van der Waals surface area contributed by atoms with E-state index in [0.29, 0.717) is 5.56 Å². The van der Waals surface area contributed by atoms with E-state index in [4.69, 9.17) is 14.6 Å². The fraction of sp³-hybridized carbons (Fsp3) is 0.360. The highest BCUT2D eigenvalue weighted by Crippen LogP contribution is 2.28. The van der Waals surface area contributed by atoms with Crippen LogP contribution in [0.15, 0.2) is 54.7 Å². The van der Waals surface area contributed by atoms with Crippen molar-refractivity contribution < 1.29 is 14.3 Å². The van der Waals surface area contributed by atoms with Crippen LogP contribution >= 0.6 is 0 Å². The summed E-state index contributed by atoms with van der Waals surface area (Å²) in [7, 11) is 1.39. The fourth-order valence-electron chi connectivity index (χ4n) is 3.95. The van der Waals surface area contributed by atoms with Gasteiger partial charge in [0, 0.05) is 6.20 Å². The van der Waals surface area contributed by atoms with Crippen molar-refractivity contribution in [3.63, 3.8) is 0 Å². The quantitative estimate of drug-likeness (QED) is 0.491. The summed E-state index contributed by atoms with van der Waals surface area (Å²) in [6, 6.07) is 15.6. The predicted octanol–water partition coefficient (Wildman–Crippen LogP) is 5.46. The van der Waals surface area contributed by atoms with Crippen LogP contribution in [0.2, 0.25) is 0 Å². The number of benzene rings is 2. The van der Waals surface area contributed by atoms with Crippen molar-refractivity contribution in [3.8, 4) is 11.4 Å². The highest BCUT2D eigenvalue weighted by Gasteiger charge is 2.16. The second-order valence-corrected chi connectivity index (χ2v) is 7.76. The monoisotopic (exact) mass is 404 g/mol. The van der Waals surface area contributed by atoms with Gasteiger partial charge in [0.05, 0.1) is 24.1 Å². The van der Waals surface area contributed by atoms with Gasteiger partial charge in [0.2, 0.25) is 0 Å². The van der Waals surface area contributed by atoms with E-state index in [1.165, 1.54) is 31.2 Å². The van der Waals surface area contributed by atoms with Gasteiger partial charge in [-0.15, -0.1) is 0 Å². The Bertz CT molecular complexity index is 967. The lowest BCUT2D eigenvalue weighted by Gasteiger charge is -2.19. The molecule has 0 amide bonds. The highest BCUT2D eigenvalue weighted by atomic mass is 16.5. The number of fused-ring (bicyclic) bond motifs is 1. The van der Waals surface area contributed by atoms with Crippen LogP contribution in [0.3, 0.4) is 0 Å². The number of aryl methyl sites for hydroxylation is 2. The molecule has 1 aliphatic carbocycles. The molecule has 0 saturated heterocycles. The molecule has 1 atom stereocenters. The van der Waals surface area contributed by atoms with Gasteiger partial charge in [-0.25, -0.2) is 9.48 Å². The second-order valence-electron chi connectivity index (χ2n) is 7.76. The van der Waals surface area contributed by atoms with E-state index in [1.807, 2.05) is 28.9 Å². The summed E-state index contributed by atoms with van der Waals surface area (Å²) < 4.78 is 13.1. The third kappa shape index (κ3) is 4.40. The molecule has 0 N–H and O–H groups in total. The number of aromatic nitrogens is 2. The van der Waals surface area contributed by atoms with Gasteiger partial charge in [0.25, 0.3) is 0 Å². The molecule has 1 aromatic heterocycles. The van der Waals surface area contributed by atoms with Gasteiger partial charge >= 0.3 is 5.97 Å². The summed E-state index contributed by atoms with van der Waals surface area (Å²) >= 11 is 0. The molecule has 1 aliphatic rings. The molecule has 5 nitrogen and oxygen atoms in total. The van der Waals surface area contributed by atoms with Crippen LogP contribution in [0.5, 0.6) is 5.75 Å². The smallest absolute Gasteiger partial charge is 0.337 e. The lowest BCUT2D eigenvalue weighted by atomic mass is 9.99. The molecule has 2 aromatic carbocycles. The van der Waals surface area contributed by atoms with Crippen LogP contribution in [0.25, 0.3) is 5.69 Å². The predicted molar refractivity (Wildman–Crippen MR) is 116 cm³/mol. The maximum absolute atomic E-state index is 11.7. The van der Waals surface area contributed by atoms with E-state index < -0.39 is 0 Å². The Kier molecular flexibility index (Phi) is 6.17. The van der Waals surface area contributed by atoms with Crippen LogP contribution in [0.1, 0.15) is 65.9 Å². The average molecular weight is 405 g/mol. The van der Waals surface area contributed by atoms with Crippen molar-refractivity contribution in [3.05, 3.63) is 77.1 Å². The number of hydrogen-bond acceptors (Lipinski definition) is 4. The Labute approximate surface area is 177 Å². The molecule has 1 heterocycles. The molecule has 0 aliphatic heterocycles.